The molecule has 55 heavy (non-hydrogen) atoms. The third-order valence-electron chi connectivity index (χ3n) is 10.3. The van der Waals surface area contributed by atoms with Gasteiger partial charge in [0.25, 0.3) is 0 Å². The zero-order chi connectivity index (χ0) is 38.9. The fourth-order valence-electron chi connectivity index (χ4n) is 7.31. The van der Waals surface area contributed by atoms with E-state index in [0.717, 1.165) is 60.2 Å². The molecule has 0 bridgehead atoms. The van der Waals surface area contributed by atoms with Crippen molar-refractivity contribution in [2.75, 3.05) is 39.4 Å². The molecule has 290 valence electrons. The highest BCUT2D eigenvalue weighted by Crippen LogP contribution is 2.39. The van der Waals surface area contributed by atoms with Gasteiger partial charge in [0.05, 0.1) is 34.9 Å². The van der Waals surface area contributed by atoms with Gasteiger partial charge in [-0.25, -0.2) is 0 Å². The molecule has 3 atom stereocenters. The number of hydrogen-bond acceptors (Lipinski definition) is 10. The zero-order valence-corrected chi connectivity index (χ0v) is 32.3. The van der Waals surface area contributed by atoms with Gasteiger partial charge in [-0.3, -0.25) is 14.7 Å². The number of piperidine rings is 1. The molecule has 0 amide bonds. The van der Waals surface area contributed by atoms with Gasteiger partial charge >= 0.3 is 5.97 Å². The SMILES string of the molecule is Cc1c(COc2cc(OCc3cncc(C#N)c3)c(CN3CCCC[C@H]3C(=O)O)cc2Cl)cccc1-c1cccc(OC[C@H]2CCN(CC(O)CO)C2)c1Cl. The molecular weight excluding hydrogens is 743 g/mol. The van der Waals surface area contributed by atoms with Crippen LogP contribution in [0.5, 0.6) is 17.2 Å². The molecule has 2 fully saturated rings. The minimum atomic E-state index is -0.848. The second-order valence-corrected chi connectivity index (χ2v) is 15.0. The second kappa shape index (κ2) is 19.0. The summed E-state index contributed by atoms with van der Waals surface area (Å²) < 4.78 is 18.9. The average Bonchev–Trinajstić information content (AvgIpc) is 3.64. The molecular formula is C42H46Cl2N4O7. The molecule has 4 aromatic rings. The first-order valence-electron chi connectivity index (χ1n) is 18.5. The first kappa shape index (κ1) is 40.3. The van der Waals surface area contributed by atoms with Gasteiger partial charge < -0.3 is 34.4 Å². The molecule has 3 heterocycles. The van der Waals surface area contributed by atoms with Gasteiger partial charge in [0.2, 0.25) is 0 Å². The molecule has 13 heteroatoms. The largest absolute Gasteiger partial charge is 0.492 e. The number of aliphatic carboxylic acids is 1. The van der Waals surface area contributed by atoms with Gasteiger partial charge in [0.15, 0.2) is 0 Å². The van der Waals surface area contributed by atoms with Gasteiger partial charge in [0, 0.05) is 60.7 Å². The summed E-state index contributed by atoms with van der Waals surface area (Å²) in [5, 5.41) is 39.1. The van der Waals surface area contributed by atoms with Crippen molar-refractivity contribution >= 4 is 29.2 Å². The number of hydrogen-bond donors (Lipinski definition) is 3. The molecule has 3 aromatic carbocycles. The van der Waals surface area contributed by atoms with Crippen LogP contribution in [0.1, 0.15) is 53.5 Å². The average molecular weight is 790 g/mol. The molecule has 2 aliphatic rings. The molecule has 3 N–H and O–H groups in total. The van der Waals surface area contributed by atoms with Crippen molar-refractivity contribution in [3.8, 4) is 34.4 Å². The van der Waals surface area contributed by atoms with Crippen LogP contribution in [-0.4, -0.2) is 87.6 Å². The lowest BCUT2D eigenvalue weighted by Gasteiger charge is -2.33. The zero-order valence-electron chi connectivity index (χ0n) is 30.8. The number of carboxylic acid groups (broad SMARTS) is 1. The summed E-state index contributed by atoms with van der Waals surface area (Å²) in [5.41, 5.74) is 5.55. The van der Waals surface area contributed by atoms with E-state index in [2.05, 4.69) is 16.0 Å². The van der Waals surface area contributed by atoms with Crippen molar-refractivity contribution < 1.29 is 34.3 Å². The van der Waals surface area contributed by atoms with Crippen molar-refractivity contribution in [2.24, 2.45) is 5.92 Å². The third kappa shape index (κ3) is 10.3. The first-order chi connectivity index (χ1) is 26.6. The number of ether oxygens (including phenoxy) is 3. The van der Waals surface area contributed by atoms with Crippen molar-refractivity contribution in [2.45, 2.75) is 64.5 Å². The van der Waals surface area contributed by atoms with Crippen molar-refractivity contribution in [1.82, 2.24) is 14.8 Å². The van der Waals surface area contributed by atoms with Crippen LogP contribution in [0.4, 0.5) is 0 Å². The Morgan fingerprint density at radius 2 is 1.76 bits per heavy atom. The summed E-state index contributed by atoms with van der Waals surface area (Å²) in [6.45, 7) is 5.66. The van der Waals surface area contributed by atoms with Gasteiger partial charge in [0.1, 0.15) is 42.6 Å². The number of aromatic nitrogens is 1. The molecule has 2 saturated heterocycles. The number of nitrogens with zero attached hydrogens (tertiary/aromatic N) is 4. The number of benzene rings is 3. The predicted octanol–water partition coefficient (Wildman–Crippen LogP) is 6.89. The maximum absolute atomic E-state index is 12.1. The monoisotopic (exact) mass is 788 g/mol. The summed E-state index contributed by atoms with van der Waals surface area (Å²) in [6, 6.07) is 18.5. The Morgan fingerprint density at radius 1 is 0.964 bits per heavy atom. The molecule has 0 aliphatic carbocycles. The van der Waals surface area contributed by atoms with Gasteiger partial charge in [-0.1, -0.05) is 60.0 Å². The summed E-state index contributed by atoms with van der Waals surface area (Å²) in [5.74, 6) is 0.950. The van der Waals surface area contributed by atoms with E-state index in [1.165, 1.54) is 6.20 Å². The standard InChI is InChI=1S/C42H46Cl2N4O7/c1-27-31(6-4-7-34(27)35-8-5-10-38(41(35)44)53-24-28-11-13-47(20-28)22-33(50)23-49)26-55-40-16-39(54-25-30-14-29(17-45)18-46-19-30)32(15-36(40)43)21-48-12-3-2-9-37(48)42(51)52/h4-8,10,14-16,18-19,28,33,37,49-50H,2-3,9,11-13,20-26H2,1H3,(H,51,52)/t28-,33?,37-/m0/s1. The second-order valence-electron chi connectivity index (χ2n) is 14.3. The Kier molecular flexibility index (Phi) is 13.9. The van der Waals surface area contributed by atoms with E-state index in [0.29, 0.717) is 71.1 Å². The van der Waals surface area contributed by atoms with E-state index in [-0.39, 0.29) is 25.7 Å². The molecule has 11 nitrogen and oxygen atoms in total. The van der Waals surface area contributed by atoms with E-state index in [9.17, 15) is 25.4 Å². The van der Waals surface area contributed by atoms with E-state index < -0.39 is 18.1 Å². The highest BCUT2D eigenvalue weighted by atomic mass is 35.5. The van der Waals surface area contributed by atoms with Gasteiger partial charge in [-0.05, 0) is 74.2 Å². The minimum Gasteiger partial charge on any atom is -0.492 e. The van der Waals surface area contributed by atoms with E-state index in [4.69, 9.17) is 37.4 Å². The van der Waals surface area contributed by atoms with Crippen molar-refractivity contribution in [3.63, 3.8) is 0 Å². The Bertz CT molecular complexity index is 2010. The summed E-state index contributed by atoms with van der Waals surface area (Å²) >= 11 is 13.8. The van der Waals surface area contributed by atoms with Crippen LogP contribution in [0.2, 0.25) is 10.0 Å². The maximum atomic E-state index is 12.1. The quantitative estimate of drug-likeness (QED) is 0.109. The van der Waals surface area contributed by atoms with Crippen molar-refractivity contribution in [3.05, 3.63) is 105 Å². The number of nitriles is 1. The fraction of sp³-hybridized carbons (Fsp3) is 0.405. The number of aliphatic hydroxyl groups excluding tert-OH is 2. The predicted molar refractivity (Wildman–Crippen MR) is 210 cm³/mol. The number of carbonyl (C=O) groups is 1. The molecule has 6 rings (SSSR count). The van der Waals surface area contributed by atoms with E-state index in [1.807, 2.05) is 48.2 Å². The normalized spacial score (nSPS) is 18.1. The highest BCUT2D eigenvalue weighted by molar-refractivity contribution is 6.35. The minimum absolute atomic E-state index is 0.136. The Hall–Kier alpha value is -4.41. The smallest absolute Gasteiger partial charge is 0.320 e. The number of rotatable bonds is 16. The number of pyridine rings is 1. The molecule has 0 saturated carbocycles. The Morgan fingerprint density at radius 3 is 2.56 bits per heavy atom. The Labute approximate surface area is 331 Å². The lowest BCUT2D eigenvalue weighted by molar-refractivity contribution is -0.144. The molecule has 1 aromatic heterocycles. The highest BCUT2D eigenvalue weighted by Gasteiger charge is 2.30. The first-order valence-corrected chi connectivity index (χ1v) is 19.3. The summed E-state index contributed by atoms with van der Waals surface area (Å²) in [6.07, 6.45) is 5.66. The molecule has 0 spiro atoms. The molecule has 1 unspecified atom stereocenters. The topological polar surface area (TPSA) is 149 Å². The molecule has 2 aliphatic heterocycles. The van der Waals surface area contributed by atoms with Crippen LogP contribution in [0.3, 0.4) is 0 Å². The number of likely N-dealkylation sites (tertiary alicyclic amines) is 2. The van der Waals surface area contributed by atoms with Crippen LogP contribution >= 0.6 is 23.2 Å². The van der Waals surface area contributed by atoms with Crippen LogP contribution in [0.25, 0.3) is 11.1 Å². The number of halogens is 2. The van der Waals surface area contributed by atoms with Crippen LogP contribution in [0.15, 0.2) is 67.0 Å². The lowest BCUT2D eigenvalue weighted by Crippen LogP contribution is -2.44. The lowest BCUT2D eigenvalue weighted by atomic mass is 9.96. The fourth-order valence-corrected chi connectivity index (χ4v) is 7.83. The summed E-state index contributed by atoms with van der Waals surface area (Å²) in [7, 11) is 0. The summed E-state index contributed by atoms with van der Waals surface area (Å²) in [4.78, 5) is 20.3. The van der Waals surface area contributed by atoms with Crippen LogP contribution in [0, 0.1) is 24.2 Å². The van der Waals surface area contributed by atoms with Gasteiger partial charge in [-0.15, -0.1) is 0 Å². The Balaban J connectivity index is 1.18. The van der Waals surface area contributed by atoms with E-state index >= 15 is 0 Å². The number of carboxylic acids is 1. The van der Waals surface area contributed by atoms with Crippen LogP contribution < -0.4 is 14.2 Å². The van der Waals surface area contributed by atoms with Gasteiger partial charge in [-0.2, -0.15) is 5.26 Å². The maximum Gasteiger partial charge on any atom is 0.320 e. The van der Waals surface area contributed by atoms with Crippen molar-refractivity contribution in [1.29, 1.82) is 5.26 Å². The van der Waals surface area contributed by atoms with Crippen LogP contribution in [-0.2, 0) is 24.6 Å². The number of β-amino-alcohol motifs (C(OH)–C–C–N with tert-alkyl or cyclic N) is 1. The van der Waals surface area contributed by atoms with E-state index in [1.54, 1.807) is 24.4 Å². The number of aliphatic hydroxyl groups is 2. The molecule has 0 radical (unpaired) electrons. The third-order valence-corrected chi connectivity index (χ3v) is 11.0.